The first-order valence-corrected chi connectivity index (χ1v) is 8.69. The summed E-state index contributed by atoms with van der Waals surface area (Å²) in [6.45, 7) is 0. The molecule has 0 spiro atoms. The molecule has 8 heteroatoms. The highest BCUT2D eigenvalue weighted by Crippen LogP contribution is 2.28. The van der Waals surface area contributed by atoms with Gasteiger partial charge in [-0.2, -0.15) is 0 Å². The normalized spacial score (nSPS) is 11.7. The monoisotopic (exact) mass is 366 g/mol. The number of nitrogens with zero attached hydrogens (tertiary/aromatic N) is 1. The maximum atomic E-state index is 13.1. The third-order valence-electron chi connectivity index (χ3n) is 3.49. The third kappa shape index (κ3) is 3.69. The molecule has 0 fully saturated rings. The molecule has 0 amide bonds. The zero-order valence-corrected chi connectivity index (χ0v) is 13.6. The summed E-state index contributed by atoms with van der Waals surface area (Å²) in [5.41, 5.74) is -0.00542. The summed E-state index contributed by atoms with van der Waals surface area (Å²) in [5.74, 6) is -0.554. The smallest absolute Gasteiger partial charge is 0.265 e. The molecule has 1 aromatic heterocycles. The zero-order chi connectivity index (χ0) is 18.0. The predicted octanol–water partition coefficient (Wildman–Crippen LogP) is 4.35. The Morgan fingerprint density at radius 2 is 1.60 bits per heavy atom. The van der Waals surface area contributed by atoms with Crippen molar-refractivity contribution in [1.82, 2.24) is 4.57 Å². The van der Waals surface area contributed by atoms with E-state index in [1.165, 1.54) is 28.8 Å². The van der Waals surface area contributed by atoms with E-state index in [4.69, 9.17) is 0 Å². The number of sulfonamides is 1. The number of aromatic nitrogens is 1. The molecule has 1 heterocycles. The Balaban J connectivity index is 2.05. The SMILES string of the molecule is O=S(=O)(Nc1cc(C(F)F)cn1-c1ccc(F)cc1)c1ccccc1. The second-order valence-corrected chi connectivity index (χ2v) is 6.91. The van der Waals surface area contributed by atoms with Crippen LogP contribution in [0.5, 0.6) is 0 Å². The van der Waals surface area contributed by atoms with Gasteiger partial charge in [-0.15, -0.1) is 0 Å². The molecule has 0 unspecified atom stereocenters. The van der Waals surface area contributed by atoms with Gasteiger partial charge in [-0.25, -0.2) is 21.6 Å². The first-order valence-electron chi connectivity index (χ1n) is 7.21. The highest BCUT2D eigenvalue weighted by molar-refractivity contribution is 7.92. The Hall–Kier alpha value is -2.74. The van der Waals surface area contributed by atoms with Crippen LogP contribution in [0.15, 0.2) is 71.8 Å². The number of hydrogen-bond acceptors (Lipinski definition) is 2. The van der Waals surface area contributed by atoms with Crippen LogP contribution >= 0.6 is 0 Å². The van der Waals surface area contributed by atoms with Crippen molar-refractivity contribution in [2.24, 2.45) is 0 Å². The molecule has 0 saturated carbocycles. The summed E-state index contributed by atoms with van der Waals surface area (Å²) in [6.07, 6.45) is -1.66. The van der Waals surface area contributed by atoms with Crippen LogP contribution in [0.4, 0.5) is 19.0 Å². The van der Waals surface area contributed by atoms with Crippen molar-refractivity contribution in [3.63, 3.8) is 0 Å². The van der Waals surface area contributed by atoms with Crippen molar-refractivity contribution in [2.75, 3.05) is 4.72 Å². The molecule has 25 heavy (non-hydrogen) atoms. The largest absolute Gasteiger partial charge is 0.302 e. The van der Waals surface area contributed by atoms with Crippen LogP contribution in [0.3, 0.4) is 0 Å². The summed E-state index contributed by atoms with van der Waals surface area (Å²) < 4.78 is 67.6. The lowest BCUT2D eigenvalue weighted by atomic mass is 10.3. The average molecular weight is 366 g/mol. The van der Waals surface area contributed by atoms with E-state index in [2.05, 4.69) is 4.72 Å². The number of anilines is 1. The fourth-order valence-corrected chi connectivity index (χ4v) is 3.36. The van der Waals surface area contributed by atoms with E-state index in [-0.39, 0.29) is 16.3 Å². The highest BCUT2D eigenvalue weighted by atomic mass is 32.2. The average Bonchev–Trinajstić information content (AvgIpc) is 3.00. The lowest BCUT2D eigenvalue weighted by Crippen LogP contribution is -2.15. The van der Waals surface area contributed by atoms with E-state index in [1.807, 2.05) is 0 Å². The number of rotatable bonds is 5. The van der Waals surface area contributed by atoms with E-state index >= 15 is 0 Å². The van der Waals surface area contributed by atoms with Gasteiger partial charge in [-0.05, 0) is 42.5 Å². The van der Waals surface area contributed by atoms with Crippen molar-refractivity contribution in [3.8, 4) is 5.69 Å². The van der Waals surface area contributed by atoms with Crippen LogP contribution in [0.25, 0.3) is 5.69 Å². The Kier molecular flexibility index (Phi) is 4.54. The number of halogens is 3. The van der Waals surface area contributed by atoms with Crippen molar-refractivity contribution >= 4 is 15.8 Å². The van der Waals surface area contributed by atoms with Gasteiger partial charge in [0.2, 0.25) is 0 Å². The van der Waals surface area contributed by atoms with Crippen LogP contribution in [0.2, 0.25) is 0 Å². The van der Waals surface area contributed by atoms with Gasteiger partial charge < -0.3 is 4.57 Å². The number of alkyl halides is 2. The minimum atomic E-state index is -3.95. The van der Waals surface area contributed by atoms with Crippen molar-refractivity contribution in [1.29, 1.82) is 0 Å². The lowest BCUT2D eigenvalue weighted by molar-refractivity contribution is 0.151. The Labute approximate surface area is 142 Å². The van der Waals surface area contributed by atoms with Crippen molar-refractivity contribution < 1.29 is 21.6 Å². The Morgan fingerprint density at radius 3 is 2.20 bits per heavy atom. The van der Waals surface area contributed by atoms with Gasteiger partial charge in [0.1, 0.15) is 11.6 Å². The summed E-state index contributed by atoms with van der Waals surface area (Å²) in [4.78, 5) is 0.000420. The molecule has 4 nitrogen and oxygen atoms in total. The molecule has 130 valence electrons. The molecule has 0 aliphatic carbocycles. The summed E-state index contributed by atoms with van der Waals surface area (Å²) in [7, 11) is -3.95. The lowest BCUT2D eigenvalue weighted by Gasteiger charge is -2.12. The molecule has 0 radical (unpaired) electrons. The van der Waals surface area contributed by atoms with Gasteiger partial charge in [-0.1, -0.05) is 18.2 Å². The molecule has 3 rings (SSSR count). The second kappa shape index (κ2) is 6.64. The fraction of sp³-hybridized carbons (Fsp3) is 0.0588. The second-order valence-electron chi connectivity index (χ2n) is 5.22. The number of nitrogens with one attached hydrogen (secondary N) is 1. The minimum Gasteiger partial charge on any atom is -0.302 e. The molecule has 3 aromatic rings. The minimum absolute atomic E-state index is 0.000420. The van der Waals surface area contributed by atoms with E-state index in [9.17, 15) is 21.6 Å². The van der Waals surface area contributed by atoms with E-state index in [0.29, 0.717) is 5.69 Å². The van der Waals surface area contributed by atoms with Crippen LogP contribution in [0, 0.1) is 5.82 Å². The fourth-order valence-electron chi connectivity index (χ4n) is 2.29. The first-order chi connectivity index (χ1) is 11.9. The van der Waals surface area contributed by atoms with Crippen LogP contribution < -0.4 is 4.72 Å². The summed E-state index contributed by atoms with van der Waals surface area (Å²) in [5, 5.41) is 0. The molecular formula is C17H13F3N2O2S. The maximum absolute atomic E-state index is 13.1. The topological polar surface area (TPSA) is 51.1 Å². The van der Waals surface area contributed by atoms with Crippen LogP contribution in [-0.4, -0.2) is 13.0 Å². The Bertz CT molecular complexity index is 969. The molecule has 0 atom stereocenters. The summed E-state index contributed by atoms with van der Waals surface area (Å²) >= 11 is 0. The Morgan fingerprint density at radius 1 is 0.960 bits per heavy atom. The van der Waals surface area contributed by atoms with E-state index in [1.54, 1.807) is 18.2 Å². The van der Waals surface area contributed by atoms with Gasteiger partial charge >= 0.3 is 0 Å². The predicted molar refractivity (Wildman–Crippen MR) is 87.9 cm³/mol. The molecule has 1 N–H and O–H groups in total. The van der Waals surface area contributed by atoms with Gasteiger partial charge in [0, 0.05) is 17.4 Å². The molecule has 0 aliphatic heterocycles. The molecule has 0 aliphatic rings. The standard InChI is InChI=1S/C17H13F3N2O2S/c18-13-6-8-14(9-7-13)22-11-12(17(19)20)10-16(22)21-25(23,24)15-4-2-1-3-5-15/h1-11,17,21H. The van der Waals surface area contributed by atoms with Crippen molar-refractivity contribution in [3.05, 3.63) is 78.2 Å². The number of hydrogen-bond donors (Lipinski definition) is 1. The van der Waals surface area contributed by atoms with Crippen LogP contribution in [0.1, 0.15) is 12.0 Å². The maximum Gasteiger partial charge on any atom is 0.265 e. The number of benzene rings is 2. The zero-order valence-electron chi connectivity index (χ0n) is 12.7. The quantitative estimate of drug-likeness (QED) is 0.730. The van der Waals surface area contributed by atoms with Gasteiger partial charge in [0.15, 0.2) is 0 Å². The van der Waals surface area contributed by atoms with E-state index in [0.717, 1.165) is 24.4 Å². The summed E-state index contributed by atoms with van der Waals surface area (Å²) in [6, 6.07) is 13.7. The molecule has 2 aromatic carbocycles. The van der Waals surface area contributed by atoms with Crippen molar-refractivity contribution in [2.45, 2.75) is 11.3 Å². The van der Waals surface area contributed by atoms with Gasteiger partial charge in [0.25, 0.3) is 16.4 Å². The van der Waals surface area contributed by atoms with Gasteiger partial charge in [0.05, 0.1) is 4.90 Å². The van der Waals surface area contributed by atoms with Gasteiger partial charge in [-0.3, -0.25) is 4.72 Å². The van der Waals surface area contributed by atoms with Crippen LogP contribution in [-0.2, 0) is 10.0 Å². The first kappa shape index (κ1) is 17.1. The highest BCUT2D eigenvalue weighted by Gasteiger charge is 2.20. The molecule has 0 saturated heterocycles. The van der Waals surface area contributed by atoms with E-state index < -0.39 is 22.3 Å². The third-order valence-corrected chi connectivity index (χ3v) is 4.86. The molecular weight excluding hydrogens is 353 g/mol. The molecule has 0 bridgehead atoms.